The fourth-order valence-corrected chi connectivity index (χ4v) is 4.08. The number of nitrogens with zero attached hydrogens (tertiary/aromatic N) is 3. The van der Waals surface area contributed by atoms with E-state index in [1.165, 1.54) is 12.1 Å². The molecule has 0 fully saturated rings. The van der Waals surface area contributed by atoms with Gasteiger partial charge in [0, 0.05) is 48.2 Å². The second-order valence-electron chi connectivity index (χ2n) is 8.05. The number of halogens is 1. The highest BCUT2D eigenvalue weighted by atomic mass is 19.1. The standard InChI is InChI=1S/C25H28FN5O/c1-3-6-30(7-4-2)21-13-22-23(15-29-25(22)28-14-21)18-5-8-31(24(32)11-18)16-17-9-19(26)12-20(27)10-17/h5,8-15H,3-4,6-7,16,27H2,1-2H3,(H,28,29). The molecule has 7 heteroatoms. The van der Waals surface area contributed by atoms with E-state index >= 15 is 0 Å². The van der Waals surface area contributed by atoms with E-state index in [0.29, 0.717) is 11.3 Å². The Morgan fingerprint density at radius 3 is 2.59 bits per heavy atom. The Hall–Kier alpha value is -3.61. The second-order valence-corrected chi connectivity index (χ2v) is 8.05. The van der Waals surface area contributed by atoms with Gasteiger partial charge in [0.2, 0.25) is 0 Å². The molecule has 3 aromatic heterocycles. The number of aromatic amines is 1. The van der Waals surface area contributed by atoms with Crippen molar-refractivity contribution >= 4 is 22.4 Å². The molecule has 0 radical (unpaired) electrons. The first-order chi connectivity index (χ1) is 15.5. The zero-order valence-electron chi connectivity index (χ0n) is 18.4. The maximum Gasteiger partial charge on any atom is 0.251 e. The van der Waals surface area contributed by atoms with Gasteiger partial charge in [-0.2, -0.15) is 0 Å². The zero-order chi connectivity index (χ0) is 22.7. The minimum absolute atomic E-state index is 0.164. The maximum atomic E-state index is 13.6. The van der Waals surface area contributed by atoms with Crippen LogP contribution in [-0.4, -0.2) is 27.6 Å². The first-order valence-electron chi connectivity index (χ1n) is 11.0. The summed E-state index contributed by atoms with van der Waals surface area (Å²) in [7, 11) is 0. The summed E-state index contributed by atoms with van der Waals surface area (Å²) in [5.74, 6) is -0.410. The highest BCUT2D eigenvalue weighted by molar-refractivity contribution is 5.95. The average Bonchev–Trinajstić information content (AvgIpc) is 3.17. The third-order valence-electron chi connectivity index (χ3n) is 5.51. The number of nitrogens with two attached hydrogens (primary N) is 1. The van der Waals surface area contributed by atoms with Crippen LogP contribution in [0.4, 0.5) is 15.8 Å². The molecule has 0 unspecified atom stereocenters. The molecule has 0 saturated heterocycles. The molecular weight excluding hydrogens is 405 g/mol. The number of pyridine rings is 2. The van der Waals surface area contributed by atoms with E-state index in [4.69, 9.17) is 5.73 Å². The Morgan fingerprint density at radius 1 is 1.12 bits per heavy atom. The molecule has 0 saturated carbocycles. The van der Waals surface area contributed by atoms with E-state index in [1.54, 1.807) is 22.9 Å². The van der Waals surface area contributed by atoms with Gasteiger partial charge in [-0.05, 0) is 54.3 Å². The lowest BCUT2D eigenvalue weighted by Gasteiger charge is -2.23. The molecule has 32 heavy (non-hydrogen) atoms. The molecule has 0 bridgehead atoms. The quantitative estimate of drug-likeness (QED) is 0.392. The average molecular weight is 434 g/mol. The normalized spacial score (nSPS) is 11.2. The van der Waals surface area contributed by atoms with E-state index in [0.717, 1.165) is 53.8 Å². The van der Waals surface area contributed by atoms with Crippen LogP contribution in [0, 0.1) is 5.82 Å². The van der Waals surface area contributed by atoms with Gasteiger partial charge < -0.3 is 20.2 Å². The smallest absolute Gasteiger partial charge is 0.251 e. The first-order valence-corrected chi connectivity index (χ1v) is 11.0. The zero-order valence-corrected chi connectivity index (χ0v) is 18.4. The molecular formula is C25H28FN5O. The van der Waals surface area contributed by atoms with Crippen LogP contribution in [0.15, 0.2) is 59.8 Å². The lowest BCUT2D eigenvalue weighted by atomic mass is 10.1. The lowest BCUT2D eigenvalue weighted by molar-refractivity contribution is 0.623. The number of rotatable bonds is 8. The van der Waals surface area contributed by atoms with Gasteiger partial charge in [0.25, 0.3) is 5.56 Å². The van der Waals surface area contributed by atoms with Crippen LogP contribution in [0.2, 0.25) is 0 Å². The van der Waals surface area contributed by atoms with E-state index in [9.17, 15) is 9.18 Å². The van der Waals surface area contributed by atoms with Gasteiger partial charge in [0.1, 0.15) is 11.5 Å². The number of hydrogen-bond donors (Lipinski definition) is 2. The molecule has 0 aliphatic heterocycles. The summed E-state index contributed by atoms with van der Waals surface area (Å²) in [5, 5.41) is 0.981. The molecule has 0 aliphatic rings. The van der Waals surface area contributed by atoms with Crippen molar-refractivity contribution in [1.82, 2.24) is 14.5 Å². The van der Waals surface area contributed by atoms with Crippen LogP contribution in [0.1, 0.15) is 32.3 Å². The van der Waals surface area contributed by atoms with Crippen molar-refractivity contribution in [3.8, 4) is 11.1 Å². The minimum Gasteiger partial charge on any atom is -0.399 e. The van der Waals surface area contributed by atoms with Gasteiger partial charge in [0.05, 0.1) is 18.4 Å². The van der Waals surface area contributed by atoms with Crippen molar-refractivity contribution in [3.05, 3.63) is 76.7 Å². The topological polar surface area (TPSA) is 79.9 Å². The van der Waals surface area contributed by atoms with Gasteiger partial charge in [-0.1, -0.05) is 13.8 Å². The molecule has 4 rings (SSSR count). The number of nitrogens with one attached hydrogen (secondary N) is 1. The van der Waals surface area contributed by atoms with Crippen LogP contribution in [-0.2, 0) is 6.54 Å². The summed E-state index contributed by atoms with van der Waals surface area (Å²) in [4.78, 5) is 22.9. The minimum atomic E-state index is -0.410. The summed E-state index contributed by atoms with van der Waals surface area (Å²) >= 11 is 0. The Balaban J connectivity index is 1.67. The molecule has 0 spiro atoms. The maximum absolute atomic E-state index is 13.6. The van der Waals surface area contributed by atoms with Gasteiger partial charge in [0.15, 0.2) is 0 Å². The molecule has 1 aromatic carbocycles. The molecule has 166 valence electrons. The first kappa shape index (κ1) is 21.6. The van der Waals surface area contributed by atoms with Gasteiger partial charge >= 0.3 is 0 Å². The predicted molar refractivity (Wildman–Crippen MR) is 128 cm³/mol. The lowest BCUT2D eigenvalue weighted by Crippen LogP contribution is -2.24. The Morgan fingerprint density at radius 2 is 1.91 bits per heavy atom. The SMILES string of the molecule is CCCN(CCC)c1cnc2[nH]cc(-c3ccn(Cc4cc(N)cc(F)c4)c(=O)c3)c2c1. The largest absolute Gasteiger partial charge is 0.399 e. The van der Waals surface area contributed by atoms with E-state index in [2.05, 4.69) is 34.8 Å². The highest BCUT2D eigenvalue weighted by Gasteiger charge is 2.12. The van der Waals surface area contributed by atoms with Crippen molar-refractivity contribution in [2.75, 3.05) is 23.7 Å². The van der Waals surface area contributed by atoms with Gasteiger partial charge in [-0.3, -0.25) is 4.79 Å². The van der Waals surface area contributed by atoms with Crippen LogP contribution < -0.4 is 16.2 Å². The van der Waals surface area contributed by atoms with Crippen molar-refractivity contribution in [1.29, 1.82) is 0 Å². The van der Waals surface area contributed by atoms with Crippen molar-refractivity contribution < 1.29 is 4.39 Å². The van der Waals surface area contributed by atoms with Crippen molar-refractivity contribution in [2.24, 2.45) is 0 Å². The predicted octanol–water partition coefficient (Wildman–Crippen LogP) is 4.79. The Labute approximate surface area is 186 Å². The fourth-order valence-electron chi connectivity index (χ4n) is 4.08. The van der Waals surface area contributed by atoms with E-state index in [1.807, 2.05) is 18.5 Å². The third-order valence-corrected chi connectivity index (χ3v) is 5.51. The van der Waals surface area contributed by atoms with E-state index in [-0.39, 0.29) is 12.1 Å². The molecule has 0 aliphatic carbocycles. The summed E-state index contributed by atoms with van der Waals surface area (Å²) in [6.45, 7) is 6.54. The Kier molecular flexibility index (Phi) is 6.25. The van der Waals surface area contributed by atoms with Gasteiger partial charge in [-0.15, -0.1) is 0 Å². The summed E-state index contributed by atoms with van der Waals surface area (Å²) in [6.07, 6.45) is 7.64. The molecule has 3 N–H and O–H groups in total. The van der Waals surface area contributed by atoms with E-state index < -0.39 is 5.82 Å². The summed E-state index contributed by atoms with van der Waals surface area (Å²) in [6, 6.07) is 9.97. The number of fused-ring (bicyclic) bond motifs is 1. The molecule has 6 nitrogen and oxygen atoms in total. The van der Waals surface area contributed by atoms with Crippen molar-refractivity contribution in [3.63, 3.8) is 0 Å². The molecule has 4 aromatic rings. The number of nitrogen functional groups attached to an aromatic ring is 1. The third kappa shape index (κ3) is 4.51. The summed E-state index contributed by atoms with van der Waals surface area (Å²) < 4.78 is 15.2. The van der Waals surface area contributed by atoms with Crippen LogP contribution in [0.3, 0.4) is 0 Å². The van der Waals surface area contributed by atoms with Gasteiger partial charge in [-0.25, -0.2) is 9.37 Å². The molecule has 0 atom stereocenters. The monoisotopic (exact) mass is 433 g/mol. The fraction of sp³-hybridized carbons (Fsp3) is 0.280. The van der Waals surface area contributed by atoms with Crippen LogP contribution in [0.25, 0.3) is 22.2 Å². The van der Waals surface area contributed by atoms with Crippen LogP contribution in [0.5, 0.6) is 0 Å². The number of H-pyrrole nitrogens is 1. The summed E-state index contributed by atoms with van der Waals surface area (Å²) in [5.41, 5.74) is 10.2. The second kappa shape index (κ2) is 9.26. The highest BCUT2D eigenvalue weighted by Crippen LogP contribution is 2.30. The Bertz CT molecular complexity index is 1270. The van der Waals surface area contributed by atoms with Crippen molar-refractivity contribution in [2.45, 2.75) is 33.2 Å². The number of hydrogen-bond acceptors (Lipinski definition) is 4. The molecule has 3 heterocycles. The number of aromatic nitrogens is 3. The number of benzene rings is 1. The molecule has 0 amide bonds. The van der Waals surface area contributed by atoms with Crippen LogP contribution >= 0.6 is 0 Å². The number of anilines is 2.